The second kappa shape index (κ2) is 4.17. The number of halogens is 2. The van der Waals surface area contributed by atoms with Crippen molar-refractivity contribution in [1.82, 2.24) is 0 Å². The van der Waals surface area contributed by atoms with Gasteiger partial charge in [-0.15, -0.1) is 0 Å². The highest BCUT2D eigenvalue weighted by atomic mass is 19.3. The standard InChI is InChI=1S/C12H17F2N/c1-4-8-6-10(12(3,13)14)7-9(5-2)11(8)15/h6-7H,4-5,15H2,1-3H3. The van der Waals surface area contributed by atoms with Crippen LogP contribution < -0.4 is 5.73 Å². The van der Waals surface area contributed by atoms with Crippen LogP contribution in [0, 0.1) is 0 Å². The monoisotopic (exact) mass is 213 g/mol. The summed E-state index contributed by atoms with van der Waals surface area (Å²) in [6.45, 7) is 4.75. The van der Waals surface area contributed by atoms with Gasteiger partial charge in [0.1, 0.15) is 0 Å². The largest absolute Gasteiger partial charge is 0.398 e. The van der Waals surface area contributed by atoms with Crippen molar-refractivity contribution in [1.29, 1.82) is 0 Å². The maximum absolute atomic E-state index is 13.2. The van der Waals surface area contributed by atoms with Gasteiger partial charge in [0.15, 0.2) is 0 Å². The van der Waals surface area contributed by atoms with Gasteiger partial charge >= 0.3 is 0 Å². The van der Waals surface area contributed by atoms with Crippen molar-refractivity contribution in [3.63, 3.8) is 0 Å². The third-order valence-corrected chi connectivity index (χ3v) is 2.62. The van der Waals surface area contributed by atoms with Crippen molar-refractivity contribution in [2.75, 3.05) is 5.73 Å². The number of alkyl halides is 2. The molecule has 1 rings (SSSR count). The van der Waals surface area contributed by atoms with Crippen LogP contribution >= 0.6 is 0 Å². The van der Waals surface area contributed by atoms with Gasteiger partial charge < -0.3 is 5.73 Å². The minimum Gasteiger partial charge on any atom is -0.398 e. The Morgan fingerprint density at radius 3 is 1.80 bits per heavy atom. The molecule has 0 aliphatic heterocycles. The van der Waals surface area contributed by atoms with Crippen LogP contribution in [-0.2, 0) is 18.8 Å². The molecule has 84 valence electrons. The molecule has 0 saturated heterocycles. The summed E-state index contributed by atoms with van der Waals surface area (Å²) in [7, 11) is 0. The second-order valence-electron chi connectivity index (χ2n) is 3.80. The summed E-state index contributed by atoms with van der Waals surface area (Å²) in [4.78, 5) is 0. The van der Waals surface area contributed by atoms with Crippen LogP contribution in [0.15, 0.2) is 12.1 Å². The molecule has 15 heavy (non-hydrogen) atoms. The Balaban J connectivity index is 3.33. The summed E-state index contributed by atoms with van der Waals surface area (Å²) >= 11 is 0. The Hall–Kier alpha value is -1.12. The van der Waals surface area contributed by atoms with Crippen molar-refractivity contribution >= 4 is 5.69 Å². The molecule has 0 aliphatic carbocycles. The average Bonchev–Trinajstić information content (AvgIpc) is 2.16. The van der Waals surface area contributed by atoms with Crippen LogP contribution in [0.1, 0.15) is 37.5 Å². The van der Waals surface area contributed by atoms with Gasteiger partial charge in [0.05, 0.1) is 0 Å². The summed E-state index contributed by atoms with van der Waals surface area (Å²) < 4.78 is 26.4. The van der Waals surface area contributed by atoms with Crippen molar-refractivity contribution in [3.8, 4) is 0 Å². The molecule has 3 heteroatoms. The van der Waals surface area contributed by atoms with Gasteiger partial charge in [-0.25, -0.2) is 8.78 Å². The Kier molecular flexibility index (Phi) is 3.32. The van der Waals surface area contributed by atoms with E-state index in [0.29, 0.717) is 18.5 Å². The maximum atomic E-state index is 13.2. The van der Waals surface area contributed by atoms with Gasteiger partial charge in [-0.3, -0.25) is 0 Å². The van der Waals surface area contributed by atoms with E-state index in [0.717, 1.165) is 18.1 Å². The number of anilines is 1. The normalized spacial score (nSPS) is 11.8. The first-order valence-corrected chi connectivity index (χ1v) is 5.19. The zero-order valence-corrected chi connectivity index (χ0v) is 9.40. The molecule has 0 fully saturated rings. The predicted molar refractivity (Wildman–Crippen MR) is 59.2 cm³/mol. The Bertz CT molecular complexity index is 328. The van der Waals surface area contributed by atoms with Crippen LogP contribution in [0.5, 0.6) is 0 Å². The van der Waals surface area contributed by atoms with Crippen molar-refractivity contribution in [2.24, 2.45) is 0 Å². The molecular formula is C12H17F2N. The molecule has 0 amide bonds. The first kappa shape index (κ1) is 12.0. The van der Waals surface area contributed by atoms with Gasteiger partial charge in [-0.1, -0.05) is 13.8 Å². The molecule has 0 aromatic heterocycles. The molecule has 0 unspecified atom stereocenters. The van der Waals surface area contributed by atoms with Gasteiger partial charge in [-0.2, -0.15) is 0 Å². The van der Waals surface area contributed by atoms with Crippen LogP contribution in [0.4, 0.5) is 14.5 Å². The highest BCUT2D eigenvalue weighted by Gasteiger charge is 2.25. The lowest BCUT2D eigenvalue weighted by atomic mass is 9.97. The molecule has 0 saturated carbocycles. The molecule has 1 aromatic rings. The fourth-order valence-electron chi connectivity index (χ4n) is 1.62. The lowest BCUT2D eigenvalue weighted by Gasteiger charge is -2.16. The number of hydrogen-bond acceptors (Lipinski definition) is 1. The third kappa shape index (κ3) is 2.46. The highest BCUT2D eigenvalue weighted by molar-refractivity contribution is 5.56. The van der Waals surface area contributed by atoms with E-state index < -0.39 is 5.92 Å². The number of nitrogen functional groups attached to an aromatic ring is 1. The lowest BCUT2D eigenvalue weighted by Crippen LogP contribution is -2.10. The average molecular weight is 213 g/mol. The lowest BCUT2D eigenvalue weighted by molar-refractivity contribution is 0.0173. The van der Waals surface area contributed by atoms with Crippen molar-refractivity contribution in [2.45, 2.75) is 39.5 Å². The Morgan fingerprint density at radius 1 is 1.13 bits per heavy atom. The van der Waals surface area contributed by atoms with E-state index >= 15 is 0 Å². The first-order valence-electron chi connectivity index (χ1n) is 5.19. The van der Waals surface area contributed by atoms with Crippen LogP contribution in [0.25, 0.3) is 0 Å². The van der Waals surface area contributed by atoms with E-state index in [4.69, 9.17) is 5.73 Å². The minimum atomic E-state index is -2.79. The van der Waals surface area contributed by atoms with E-state index in [1.807, 2.05) is 13.8 Å². The third-order valence-electron chi connectivity index (χ3n) is 2.62. The summed E-state index contributed by atoms with van der Waals surface area (Å²) in [5.74, 6) is -2.79. The molecule has 0 spiro atoms. The van der Waals surface area contributed by atoms with Crippen molar-refractivity contribution < 1.29 is 8.78 Å². The minimum absolute atomic E-state index is 0.0606. The van der Waals surface area contributed by atoms with Crippen molar-refractivity contribution in [3.05, 3.63) is 28.8 Å². The quantitative estimate of drug-likeness (QED) is 0.764. The zero-order valence-electron chi connectivity index (χ0n) is 9.40. The summed E-state index contributed by atoms with van der Waals surface area (Å²) in [5.41, 5.74) is 8.21. The van der Waals surface area contributed by atoms with E-state index in [9.17, 15) is 8.78 Å². The number of nitrogens with two attached hydrogens (primary N) is 1. The van der Waals surface area contributed by atoms with Gasteiger partial charge in [-0.05, 0) is 36.1 Å². The number of rotatable bonds is 3. The Morgan fingerprint density at radius 2 is 1.53 bits per heavy atom. The predicted octanol–water partition coefficient (Wildman–Crippen LogP) is 3.51. The van der Waals surface area contributed by atoms with Crippen LogP contribution in [0.3, 0.4) is 0 Å². The molecule has 0 radical (unpaired) electrons. The number of aryl methyl sites for hydroxylation is 2. The Labute approximate surface area is 89.3 Å². The van der Waals surface area contributed by atoms with E-state index in [1.165, 1.54) is 12.1 Å². The van der Waals surface area contributed by atoms with E-state index in [-0.39, 0.29) is 5.56 Å². The van der Waals surface area contributed by atoms with E-state index in [1.54, 1.807) is 0 Å². The smallest absolute Gasteiger partial charge is 0.270 e. The molecule has 2 N–H and O–H groups in total. The molecule has 0 bridgehead atoms. The van der Waals surface area contributed by atoms with Gasteiger partial charge in [0.25, 0.3) is 5.92 Å². The molecule has 1 nitrogen and oxygen atoms in total. The topological polar surface area (TPSA) is 26.0 Å². The van der Waals surface area contributed by atoms with Crippen LogP contribution in [-0.4, -0.2) is 0 Å². The molecule has 0 heterocycles. The summed E-state index contributed by atoms with van der Waals surface area (Å²) in [5, 5.41) is 0. The molecule has 0 aliphatic rings. The summed E-state index contributed by atoms with van der Waals surface area (Å²) in [6, 6.07) is 3.02. The molecular weight excluding hydrogens is 196 g/mol. The molecule has 0 atom stereocenters. The van der Waals surface area contributed by atoms with Gasteiger partial charge in [0, 0.05) is 18.2 Å². The SMILES string of the molecule is CCc1cc(C(C)(F)F)cc(CC)c1N. The van der Waals surface area contributed by atoms with Gasteiger partial charge in [0.2, 0.25) is 0 Å². The molecule has 1 aromatic carbocycles. The first-order chi connectivity index (χ1) is 6.90. The fraction of sp³-hybridized carbons (Fsp3) is 0.500. The second-order valence-corrected chi connectivity index (χ2v) is 3.80. The van der Waals surface area contributed by atoms with E-state index in [2.05, 4.69) is 0 Å². The maximum Gasteiger partial charge on any atom is 0.270 e. The fourth-order valence-corrected chi connectivity index (χ4v) is 1.62. The number of hydrogen-bond donors (Lipinski definition) is 1. The zero-order chi connectivity index (χ0) is 11.6. The summed E-state index contributed by atoms with van der Waals surface area (Å²) in [6.07, 6.45) is 1.37. The highest BCUT2D eigenvalue weighted by Crippen LogP contribution is 2.31. The van der Waals surface area contributed by atoms with Crippen LogP contribution in [0.2, 0.25) is 0 Å². The number of benzene rings is 1.